The van der Waals surface area contributed by atoms with Crippen LogP contribution in [0.5, 0.6) is 0 Å². The molecule has 0 bridgehead atoms. The van der Waals surface area contributed by atoms with E-state index in [4.69, 9.17) is 0 Å². The van der Waals surface area contributed by atoms with Crippen molar-refractivity contribution < 1.29 is 9.90 Å². The van der Waals surface area contributed by atoms with E-state index in [-0.39, 0.29) is 18.1 Å². The van der Waals surface area contributed by atoms with E-state index in [1.165, 1.54) is 12.8 Å². The fourth-order valence-electron chi connectivity index (χ4n) is 2.40. The molecule has 0 radical (unpaired) electrons. The summed E-state index contributed by atoms with van der Waals surface area (Å²) in [6.07, 6.45) is 4.40. The largest absolute Gasteiger partial charge is 0.396 e. The number of hydrogen-bond donors (Lipinski definition) is 2. The van der Waals surface area contributed by atoms with Crippen molar-refractivity contribution in [3.8, 4) is 0 Å². The Balaban J connectivity index is 2.40. The highest BCUT2D eigenvalue weighted by molar-refractivity contribution is 5.74. The van der Waals surface area contributed by atoms with Crippen LogP contribution in [-0.4, -0.2) is 42.3 Å². The summed E-state index contributed by atoms with van der Waals surface area (Å²) in [5.74, 6) is 0. The van der Waals surface area contributed by atoms with Gasteiger partial charge in [0.15, 0.2) is 0 Å². The fourth-order valence-corrected chi connectivity index (χ4v) is 2.40. The van der Waals surface area contributed by atoms with Crippen molar-refractivity contribution in [3.05, 3.63) is 0 Å². The molecule has 0 aromatic rings. The Morgan fingerprint density at radius 3 is 2.31 bits per heavy atom. The molecule has 2 N–H and O–H groups in total. The lowest BCUT2D eigenvalue weighted by Gasteiger charge is -2.28. The minimum atomic E-state index is -0.0528. The van der Waals surface area contributed by atoms with Crippen LogP contribution in [0.25, 0.3) is 0 Å². The second-order valence-electron chi connectivity index (χ2n) is 4.70. The number of carbonyl (C=O) groups excluding carboxylic acids is 1. The van der Waals surface area contributed by atoms with Gasteiger partial charge in [-0.15, -0.1) is 0 Å². The van der Waals surface area contributed by atoms with E-state index >= 15 is 0 Å². The van der Waals surface area contributed by atoms with E-state index in [1.807, 2.05) is 13.8 Å². The Bertz CT molecular complexity index is 221. The Kier molecular flexibility index (Phi) is 5.06. The van der Waals surface area contributed by atoms with Gasteiger partial charge in [0.25, 0.3) is 0 Å². The highest BCUT2D eigenvalue weighted by Crippen LogP contribution is 2.36. The molecule has 0 heterocycles. The van der Waals surface area contributed by atoms with Crippen LogP contribution < -0.4 is 5.32 Å². The van der Waals surface area contributed by atoms with Crippen molar-refractivity contribution in [2.24, 2.45) is 5.41 Å². The summed E-state index contributed by atoms with van der Waals surface area (Å²) in [4.78, 5) is 13.5. The third-order valence-electron chi connectivity index (χ3n) is 3.66. The Morgan fingerprint density at radius 2 is 1.88 bits per heavy atom. The van der Waals surface area contributed by atoms with Crippen molar-refractivity contribution >= 4 is 6.03 Å². The second kappa shape index (κ2) is 6.09. The summed E-state index contributed by atoms with van der Waals surface area (Å²) in [5, 5.41) is 12.4. The minimum Gasteiger partial charge on any atom is -0.396 e. The van der Waals surface area contributed by atoms with E-state index in [2.05, 4.69) is 5.32 Å². The van der Waals surface area contributed by atoms with Gasteiger partial charge in [-0.3, -0.25) is 0 Å². The number of aliphatic hydroxyl groups is 1. The first-order valence-corrected chi connectivity index (χ1v) is 6.31. The van der Waals surface area contributed by atoms with Gasteiger partial charge in [-0.25, -0.2) is 4.79 Å². The van der Waals surface area contributed by atoms with Crippen LogP contribution in [0.3, 0.4) is 0 Å². The first kappa shape index (κ1) is 13.3. The van der Waals surface area contributed by atoms with E-state index in [1.54, 1.807) is 4.90 Å². The van der Waals surface area contributed by atoms with E-state index in [9.17, 15) is 9.90 Å². The second-order valence-corrected chi connectivity index (χ2v) is 4.70. The smallest absolute Gasteiger partial charge is 0.317 e. The number of hydrogen-bond acceptors (Lipinski definition) is 2. The molecule has 0 aliphatic heterocycles. The molecule has 2 amide bonds. The standard InChI is InChI=1S/C12H24N2O2/c1-3-14(4-2)11(16)13-9-12(10-15)7-5-6-8-12/h15H,3-10H2,1-2H3,(H,13,16). The normalized spacial score (nSPS) is 18.4. The van der Waals surface area contributed by atoms with Gasteiger partial charge in [-0.1, -0.05) is 12.8 Å². The number of aliphatic hydroxyl groups excluding tert-OH is 1. The SMILES string of the molecule is CCN(CC)C(=O)NCC1(CO)CCCC1. The molecule has 0 saturated heterocycles. The molecule has 0 atom stereocenters. The first-order chi connectivity index (χ1) is 7.67. The topological polar surface area (TPSA) is 52.6 Å². The molecule has 4 heteroatoms. The van der Waals surface area contributed by atoms with Crippen LogP contribution in [-0.2, 0) is 0 Å². The molecule has 1 saturated carbocycles. The molecule has 0 spiro atoms. The van der Waals surface area contributed by atoms with Gasteiger partial charge >= 0.3 is 6.03 Å². The molecule has 16 heavy (non-hydrogen) atoms. The monoisotopic (exact) mass is 228 g/mol. The van der Waals surface area contributed by atoms with Crippen molar-refractivity contribution in [2.75, 3.05) is 26.2 Å². The van der Waals surface area contributed by atoms with Crippen LogP contribution in [0.15, 0.2) is 0 Å². The lowest BCUT2D eigenvalue weighted by atomic mass is 9.87. The summed E-state index contributed by atoms with van der Waals surface area (Å²) >= 11 is 0. The Hall–Kier alpha value is -0.770. The molecule has 1 rings (SSSR count). The number of amides is 2. The number of rotatable bonds is 5. The molecule has 0 aromatic carbocycles. The van der Waals surface area contributed by atoms with E-state index in [0.29, 0.717) is 6.54 Å². The van der Waals surface area contributed by atoms with Crippen molar-refractivity contribution in [3.63, 3.8) is 0 Å². The summed E-state index contributed by atoms with van der Waals surface area (Å²) in [7, 11) is 0. The summed E-state index contributed by atoms with van der Waals surface area (Å²) in [6, 6.07) is -0.00951. The van der Waals surface area contributed by atoms with E-state index in [0.717, 1.165) is 25.9 Å². The van der Waals surface area contributed by atoms with Crippen LogP contribution in [0.1, 0.15) is 39.5 Å². The maximum absolute atomic E-state index is 11.8. The number of nitrogens with zero attached hydrogens (tertiary/aromatic N) is 1. The third-order valence-corrected chi connectivity index (χ3v) is 3.66. The number of nitrogens with one attached hydrogen (secondary N) is 1. The van der Waals surface area contributed by atoms with Gasteiger partial charge in [-0.2, -0.15) is 0 Å². The first-order valence-electron chi connectivity index (χ1n) is 6.31. The fraction of sp³-hybridized carbons (Fsp3) is 0.917. The maximum atomic E-state index is 11.8. The average molecular weight is 228 g/mol. The predicted molar refractivity (Wildman–Crippen MR) is 64.3 cm³/mol. The zero-order valence-corrected chi connectivity index (χ0v) is 10.5. The van der Waals surface area contributed by atoms with Gasteiger partial charge in [-0.05, 0) is 26.7 Å². The summed E-state index contributed by atoms with van der Waals surface area (Å²) in [5.41, 5.74) is -0.0528. The molecule has 0 unspecified atom stereocenters. The minimum absolute atomic E-state index is 0.00951. The number of carbonyl (C=O) groups is 1. The molecule has 4 nitrogen and oxygen atoms in total. The molecule has 94 valence electrons. The average Bonchev–Trinajstić information content (AvgIpc) is 2.77. The molecule has 1 aliphatic carbocycles. The molecular weight excluding hydrogens is 204 g/mol. The Morgan fingerprint density at radius 1 is 1.31 bits per heavy atom. The zero-order chi connectivity index (χ0) is 12.0. The lowest BCUT2D eigenvalue weighted by Crippen LogP contribution is -2.45. The van der Waals surface area contributed by atoms with Crippen LogP contribution >= 0.6 is 0 Å². The van der Waals surface area contributed by atoms with Gasteiger partial charge in [0.05, 0.1) is 6.61 Å². The molecule has 1 fully saturated rings. The quantitative estimate of drug-likeness (QED) is 0.751. The van der Waals surface area contributed by atoms with Gasteiger partial charge < -0.3 is 15.3 Å². The predicted octanol–water partition coefficient (Wildman–Crippen LogP) is 1.59. The van der Waals surface area contributed by atoms with Crippen molar-refractivity contribution in [2.45, 2.75) is 39.5 Å². The van der Waals surface area contributed by atoms with Crippen molar-refractivity contribution in [1.82, 2.24) is 10.2 Å². The van der Waals surface area contributed by atoms with Crippen molar-refractivity contribution in [1.29, 1.82) is 0 Å². The van der Waals surface area contributed by atoms with Gasteiger partial charge in [0.2, 0.25) is 0 Å². The third kappa shape index (κ3) is 3.11. The van der Waals surface area contributed by atoms with Crippen LogP contribution in [0.2, 0.25) is 0 Å². The highest BCUT2D eigenvalue weighted by atomic mass is 16.3. The van der Waals surface area contributed by atoms with Crippen LogP contribution in [0, 0.1) is 5.41 Å². The Labute approximate surface area is 98.0 Å². The molecule has 1 aliphatic rings. The number of urea groups is 1. The summed E-state index contributed by atoms with van der Waals surface area (Å²) < 4.78 is 0. The molecular formula is C12H24N2O2. The maximum Gasteiger partial charge on any atom is 0.317 e. The van der Waals surface area contributed by atoms with E-state index < -0.39 is 0 Å². The van der Waals surface area contributed by atoms with Crippen LogP contribution in [0.4, 0.5) is 4.79 Å². The van der Waals surface area contributed by atoms with Gasteiger partial charge in [0, 0.05) is 25.0 Å². The highest BCUT2D eigenvalue weighted by Gasteiger charge is 2.33. The zero-order valence-electron chi connectivity index (χ0n) is 10.5. The lowest BCUT2D eigenvalue weighted by molar-refractivity contribution is 0.126. The van der Waals surface area contributed by atoms with Gasteiger partial charge in [0.1, 0.15) is 0 Å². The molecule has 0 aromatic heterocycles. The summed E-state index contributed by atoms with van der Waals surface area (Å²) in [6.45, 7) is 6.20.